The second kappa shape index (κ2) is 7.10. The number of hydrogen-bond donors (Lipinski definition) is 2. The van der Waals surface area contributed by atoms with Gasteiger partial charge in [0.1, 0.15) is 11.7 Å². The topological polar surface area (TPSA) is 90.3 Å². The van der Waals surface area contributed by atoms with E-state index in [-0.39, 0.29) is 17.2 Å². The fourth-order valence-electron chi connectivity index (χ4n) is 4.15. The number of para-hydroxylation sites is 2. The highest BCUT2D eigenvalue weighted by Crippen LogP contribution is 2.48. The van der Waals surface area contributed by atoms with Gasteiger partial charge in [0.05, 0.1) is 17.4 Å². The largest absolute Gasteiger partial charge is 0.504 e. The minimum atomic E-state index is -1.16. The SMILES string of the molecule is O=C1C2ON(c3ccccc3)C(c3ccc(O)c(O)c3)C2C(=O)N1c1ccccc1F. The molecule has 3 unspecified atom stereocenters. The van der Waals surface area contributed by atoms with Crippen molar-refractivity contribution in [3.63, 3.8) is 0 Å². The Morgan fingerprint density at radius 1 is 0.839 bits per heavy atom. The van der Waals surface area contributed by atoms with Crippen molar-refractivity contribution in [1.82, 2.24) is 0 Å². The van der Waals surface area contributed by atoms with E-state index in [1.807, 2.05) is 6.07 Å². The lowest BCUT2D eigenvalue weighted by Crippen LogP contribution is -2.37. The van der Waals surface area contributed by atoms with Crippen LogP contribution < -0.4 is 9.96 Å². The van der Waals surface area contributed by atoms with Crippen LogP contribution in [0.4, 0.5) is 15.8 Å². The Morgan fingerprint density at radius 2 is 1.55 bits per heavy atom. The Balaban J connectivity index is 1.62. The van der Waals surface area contributed by atoms with Gasteiger partial charge in [-0.2, -0.15) is 0 Å². The molecule has 0 spiro atoms. The molecule has 0 aromatic heterocycles. The molecule has 156 valence electrons. The predicted octanol–water partition coefficient (Wildman–Crippen LogP) is 3.29. The summed E-state index contributed by atoms with van der Waals surface area (Å²) in [5.41, 5.74) is 0.935. The number of phenolic OH excluding ortho intramolecular Hbond substituents is 2. The number of imide groups is 1. The van der Waals surface area contributed by atoms with Gasteiger partial charge in [-0.25, -0.2) is 14.4 Å². The van der Waals surface area contributed by atoms with Crippen LogP contribution in [0.2, 0.25) is 0 Å². The van der Waals surface area contributed by atoms with Crippen LogP contribution >= 0.6 is 0 Å². The molecule has 7 nitrogen and oxygen atoms in total. The third-order valence-corrected chi connectivity index (χ3v) is 5.56. The normalized spacial score (nSPS) is 22.8. The number of halogens is 1. The molecular formula is C23H17FN2O5. The Bertz CT molecular complexity index is 1190. The average molecular weight is 420 g/mol. The van der Waals surface area contributed by atoms with Crippen LogP contribution in [0.15, 0.2) is 72.8 Å². The molecule has 2 saturated heterocycles. The van der Waals surface area contributed by atoms with Gasteiger partial charge in [0, 0.05) is 0 Å². The van der Waals surface area contributed by atoms with E-state index >= 15 is 0 Å². The van der Waals surface area contributed by atoms with E-state index in [2.05, 4.69) is 0 Å². The van der Waals surface area contributed by atoms with Crippen molar-refractivity contribution in [2.45, 2.75) is 12.1 Å². The Morgan fingerprint density at radius 3 is 2.26 bits per heavy atom. The Hall–Kier alpha value is -3.91. The standard InChI is InChI=1S/C23H17FN2O5/c24-15-8-4-5-9-16(15)25-22(29)19-20(13-10-11-17(27)18(28)12-13)26(31-21(19)23(25)30)14-6-2-1-3-7-14/h1-12,19-21,27-28H. The maximum Gasteiger partial charge on any atom is 0.266 e. The van der Waals surface area contributed by atoms with E-state index < -0.39 is 35.7 Å². The van der Waals surface area contributed by atoms with Crippen molar-refractivity contribution in [1.29, 1.82) is 0 Å². The van der Waals surface area contributed by atoms with Crippen molar-refractivity contribution in [3.05, 3.63) is 84.2 Å². The van der Waals surface area contributed by atoms with Gasteiger partial charge in [-0.3, -0.25) is 14.4 Å². The quantitative estimate of drug-likeness (QED) is 0.499. The Labute approximate surface area is 176 Å². The molecule has 2 amide bonds. The van der Waals surface area contributed by atoms with E-state index in [0.29, 0.717) is 11.3 Å². The number of fused-ring (bicyclic) bond motifs is 1. The summed E-state index contributed by atoms with van der Waals surface area (Å²) in [4.78, 5) is 33.3. The van der Waals surface area contributed by atoms with E-state index in [9.17, 15) is 24.2 Å². The zero-order chi connectivity index (χ0) is 21.7. The number of carbonyl (C=O) groups excluding carboxylic acids is 2. The fourth-order valence-corrected chi connectivity index (χ4v) is 4.15. The number of phenols is 2. The molecule has 0 saturated carbocycles. The maximum atomic E-state index is 14.4. The molecule has 2 aliphatic rings. The second-order valence-electron chi connectivity index (χ2n) is 7.37. The van der Waals surface area contributed by atoms with Crippen molar-refractivity contribution >= 4 is 23.2 Å². The molecule has 0 radical (unpaired) electrons. The highest BCUT2D eigenvalue weighted by Gasteiger charge is 2.60. The zero-order valence-corrected chi connectivity index (χ0v) is 16.1. The Kier molecular flexibility index (Phi) is 4.37. The van der Waals surface area contributed by atoms with E-state index in [1.165, 1.54) is 35.4 Å². The average Bonchev–Trinajstić information content (AvgIpc) is 3.28. The van der Waals surface area contributed by atoms with Crippen molar-refractivity contribution < 1.29 is 29.0 Å². The third kappa shape index (κ3) is 2.91. The molecule has 2 aliphatic heterocycles. The number of amides is 2. The van der Waals surface area contributed by atoms with Crippen molar-refractivity contribution in [2.75, 3.05) is 9.96 Å². The van der Waals surface area contributed by atoms with Gasteiger partial charge in [0.2, 0.25) is 5.91 Å². The van der Waals surface area contributed by atoms with E-state index in [1.54, 1.807) is 36.4 Å². The molecule has 8 heteroatoms. The molecule has 3 atom stereocenters. The van der Waals surface area contributed by atoms with Crippen LogP contribution in [0.3, 0.4) is 0 Å². The van der Waals surface area contributed by atoms with Gasteiger partial charge in [-0.05, 0) is 42.0 Å². The van der Waals surface area contributed by atoms with Crippen LogP contribution in [-0.2, 0) is 14.4 Å². The fraction of sp³-hybridized carbons (Fsp3) is 0.130. The summed E-state index contributed by atoms with van der Waals surface area (Å²) in [5.74, 6) is -3.61. The molecule has 0 bridgehead atoms. The summed E-state index contributed by atoms with van der Waals surface area (Å²) < 4.78 is 14.4. The van der Waals surface area contributed by atoms with Crippen LogP contribution in [0.5, 0.6) is 11.5 Å². The number of hydroxylamine groups is 1. The summed E-state index contributed by atoms with van der Waals surface area (Å²) in [5, 5.41) is 21.2. The minimum absolute atomic E-state index is 0.130. The summed E-state index contributed by atoms with van der Waals surface area (Å²) in [7, 11) is 0. The molecule has 5 rings (SSSR count). The van der Waals surface area contributed by atoms with Gasteiger partial charge in [0.25, 0.3) is 5.91 Å². The lowest BCUT2D eigenvalue weighted by atomic mass is 9.90. The number of aromatic hydroxyl groups is 2. The van der Waals surface area contributed by atoms with Crippen LogP contribution in [0, 0.1) is 11.7 Å². The van der Waals surface area contributed by atoms with Crippen LogP contribution in [0.1, 0.15) is 11.6 Å². The van der Waals surface area contributed by atoms with E-state index in [0.717, 1.165) is 4.90 Å². The highest BCUT2D eigenvalue weighted by molar-refractivity contribution is 6.24. The number of anilines is 2. The molecule has 2 fully saturated rings. The predicted molar refractivity (Wildman–Crippen MR) is 109 cm³/mol. The smallest absolute Gasteiger partial charge is 0.266 e. The third-order valence-electron chi connectivity index (χ3n) is 5.56. The molecule has 0 aliphatic carbocycles. The lowest BCUT2D eigenvalue weighted by molar-refractivity contribution is -0.126. The number of hydrogen-bond acceptors (Lipinski definition) is 6. The van der Waals surface area contributed by atoms with Gasteiger partial charge in [-0.15, -0.1) is 0 Å². The monoisotopic (exact) mass is 420 g/mol. The lowest BCUT2D eigenvalue weighted by Gasteiger charge is -2.29. The molecule has 3 aromatic carbocycles. The first-order chi connectivity index (χ1) is 15.0. The molecule has 2 heterocycles. The van der Waals surface area contributed by atoms with Crippen molar-refractivity contribution in [3.8, 4) is 11.5 Å². The first-order valence-electron chi connectivity index (χ1n) is 9.62. The van der Waals surface area contributed by atoms with Gasteiger partial charge >= 0.3 is 0 Å². The van der Waals surface area contributed by atoms with Crippen LogP contribution in [-0.4, -0.2) is 28.1 Å². The number of rotatable bonds is 3. The summed E-state index contributed by atoms with van der Waals surface area (Å²) in [6.45, 7) is 0. The van der Waals surface area contributed by atoms with Crippen molar-refractivity contribution in [2.24, 2.45) is 5.92 Å². The van der Waals surface area contributed by atoms with Gasteiger partial charge in [-0.1, -0.05) is 36.4 Å². The summed E-state index contributed by atoms with van der Waals surface area (Å²) in [6, 6.07) is 17.9. The van der Waals surface area contributed by atoms with Crippen LogP contribution in [0.25, 0.3) is 0 Å². The second-order valence-corrected chi connectivity index (χ2v) is 7.37. The summed E-state index contributed by atoms with van der Waals surface area (Å²) >= 11 is 0. The summed E-state index contributed by atoms with van der Waals surface area (Å²) in [6.07, 6.45) is -1.16. The first kappa shape index (κ1) is 19.1. The van der Waals surface area contributed by atoms with Gasteiger partial charge < -0.3 is 10.2 Å². The number of carbonyl (C=O) groups is 2. The molecular weight excluding hydrogens is 403 g/mol. The van der Waals surface area contributed by atoms with E-state index in [4.69, 9.17) is 4.84 Å². The van der Waals surface area contributed by atoms with Gasteiger partial charge in [0.15, 0.2) is 17.6 Å². The highest BCUT2D eigenvalue weighted by atomic mass is 19.1. The number of benzene rings is 3. The molecule has 3 aromatic rings. The minimum Gasteiger partial charge on any atom is -0.504 e. The maximum absolute atomic E-state index is 14.4. The molecule has 31 heavy (non-hydrogen) atoms. The zero-order valence-electron chi connectivity index (χ0n) is 16.1. The first-order valence-corrected chi connectivity index (χ1v) is 9.62. The number of nitrogens with zero attached hydrogens (tertiary/aromatic N) is 2. The molecule has 2 N–H and O–H groups in total.